The largest absolute Gasteiger partial charge is 0.369 e. The highest BCUT2D eigenvalue weighted by molar-refractivity contribution is 6.36. The number of carbonyl (C=O) groups excluding carboxylic acids is 1. The minimum atomic E-state index is -0.156. The van der Waals surface area contributed by atoms with Crippen LogP contribution in [0.2, 0.25) is 5.02 Å². The van der Waals surface area contributed by atoms with E-state index in [1.54, 1.807) is 12.3 Å². The van der Waals surface area contributed by atoms with Crippen LogP contribution < -0.4 is 10.2 Å². The van der Waals surface area contributed by atoms with Gasteiger partial charge in [-0.25, -0.2) is 4.98 Å². The van der Waals surface area contributed by atoms with Crippen molar-refractivity contribution in [1.29, 1.82) is 0 Å². The maximum atomic E-state index is 12.3. The number of carbonyl (C=O) groups is 1. The fourth-order valence-electron chi connectivity index (χ4n) is 4.72. The zero-order valence-electron chi connectivity index (χ0n) is 20.8. The standard InChI is InChI=1S/C29H30ClN5O/c1-4-5-25(36)32-24-18-21(7-6-19(24)2)26-27-23(30)12-13-31-29(27)33-28(26)20-8-10-22(11-9-20)35-16-14-34(3)15-17-35/h4-13,18H,14-17H2,1-3H3,(H,31,33)(H,32,36)/b5-4+. The van der Waals surface area contributed by atoms with E-state index in [4.69, 9.17) is 11.6 Å². The lowest BCUT2D eigenvalue weighted by molar-refractivity contribution is -0.111. The number of rotatable bonds is 5. The smallest absolute Gasteiger partial charge is 0.248 e. The molecule has 3 heterocycles. The average molecular weight is 500 g/mol. The van der Waals surface area contributed by atoms with Crippen LogP contribution in [0.25, 0.3) is 33.4 Å². The monoisotopic (exact) mass is 499 g/mol. The number of anilines is 2. The van der Waals surface area contributed by atoms with E-state index >= 15 is 0 Å². The number of amides is 1. The van der Waals surface area contributed by atoms with Crippen molar-refractivity contribution in [2.45, 2.75) is 13.8 Å². The molecule has 0 spiro atoms. The minimum Gasteiger partial charge on any atom is -0.369 e. The Kier molecular flexibility index (Phi) is 6.81. The molecule has 1 aliphatic heterocycles. The van der Waals surface area contributed by atoms with E-state index < -0.39 is 0 Å². The fourth-order valence-corrected chi connectivity index (χ4v) is 4.96. The van der Waals surface area contributed by atoms with Gasteiger partial charge in [0, 0.05) is 54.7 Å². The van der Waals surface area contributed by atoms with Gasteiger partial charge in [-0.05, 0) is 67.9 Å². The Morgan fingerprint density at radius 3 is 2.50 bits per heavy atom. The number of fused-ring (bicyclic) bond motifs is 1. The number of halogens is 1. The number of aryl methyl sites for hydroxylation is 1. The van der Waals surface area contributed by atoms with E-state index in [0.29, 0.717) is 5.02 Å². The highest BCUT2D eigenvalue weighted by Gasteiger charge is 2.20. The molecule has 0 unspecified atom stereocenters. The summed E-state index contributed by atoms with van der Waals surface area (Å²) in [5.74, 6) is -0.156. The van der Waals surface area contributed by atoms with Crippen LogP contribution in [0.3, 0.4) is 0 Å². The highest BCUT2D eigenvalue weighted by Crippen LogP contribution is 2.42. The number of allylic oxidation sites excluding steroid dienone is 1. The molecule has 6 nitrogen and oxygen atoms in total. The minimum absolute atomic E-state index is 0.156. The third-order valence-electron chi connectivity index (χ3n) is 6.77. The number of hydrogen-bond acceptors (Lipinski definition) is 4. The van der Waals surface area contributed by atoms with E-state index in [2.05, 4.69) is 62.5 Å². The van der Waals surface area contributed by atoms with Gasteiger partial charge in [-0.3, -0.25) is 4.79 Å². The number of likely N-dealkylation sites (N-methyl/N-ethyl adjacent to an activating group) is 1. The Labute approximate surface area is 216 Å². The van der Waals surface area contributed by atoms with Crippen LogP contribution in [-0.4, -0.2) is 54.0 Å². The quantitative estimate of drug-likeness (QED) is 0.324. The van der Waals surface area contributed by atoms with Crippen LogP contribution in [0.4, 0.5) is 11.4 Å². The predicted octanol–water partition coefficient (Wildman–Crippen LogP) is 6.13. The molecule has 4 aromatic rings. The maximum absolute atomic E-state index is 12.3. The Balaban J connectivity index is 1.59. The number of piperazine rings is 1. The number of H-pyrrole nitrogens is 1. The molecule has 0 atom stereocenters. The summed E-state index contributed by atoms with van der Waals surface area (Å²) in [6.07, 6.45) is 4.96. The van der Waals surface area contributed by atoms with Gasteiger partial charge in [-0.2, -0.15) is 0 Å². The molecule has 0 bridgehead atoms. The molecule has 2 N–H and O–H groups in total. The molecule has 1 fully saturated rings. The SMILES string of the molecule is C/C=C/C(=O)Nc1cc(-c2c(-c3ccc(N4CCN(C)CC4)cc3)[nH]c3nccc(Cl)c23)ccc1C. The van der Waals surface area contributed by atoms with E-state index in [9.17, 15) is 4.79 Å². The lowest BCUT2D eigenvalue weighted by Gasteiger charge is -2.34. The number of aromatic nitrogens is 2. The molecule has 0 radical (unpaired) electrons. The van der Waals surface area contributed by atoms with Crippen molar-refractivity contribution >= 4 is 39.9 Å². The molecule has 2 aromatic heterocycles. The van der Waals surface area contributed by atoms with Gasteiger partial charge in [0.2, 0.25) is 5.91 Å². The van der Waals surface area contributed by atoms with Gasteiger partial charge in [0.15, 0.2) is 0 Å². The molecule has 1 aliphatic rings. The fraction of sp³-hybridized carbons (Fsp3) is 0.241. The van der Waals surface area contributed by atoms with Crippen molar-refractivity contribution in [1.82, 2.24) is 14.9 Å². The van der Waals surface area contributed by atoms with Crippen molar-refractivity contribution < 1.29 is 4.79 Å². The van der Waals surface area contributed by atoms with Crippen molar-refractivity contribution in [3.63, 3.8) is 0 Å². The van der Waals surface area contributed by atoms with E-state index in [0.717, 1.165) is 70.8 Å². The summed E-state index contributed by atoms with van der Waals surface area (Å²) in [6.45, 7) is 7.99. The van der Waals surface area contributed by atoms with Crippen LogP contribution in [0.15, 0.2) is 66.9 Å². The van der Waals surface area contributed by atoms with E-state index in [1.807, 2.05) is 32.0 Å². The first-order valence-electron chi connectivity index (χ1n) is 12.2. The number of hydrogen-bond donors (Lipinski definition) is 2. The normalized spacial score (nSPS) is 14.6. The molecule has 1 saturated heterocycles. The number of nitrogens with one attached hydrogen (secondary N) is 2. The van der Waals surface area contributed by atoms with Crippen LogP contribution in [0.5, 0.6) is 0 Å². The van der Waals surface area contributed by atoms with Crippen LogP contribution in [-0.2, 0) is 4.79 Å². The molecule has 0 saturated carbocycles. The first-order valence-corrected chi connectivity index (χ1v) is 12.6. The Hall–Kier alpha value is -3.61. The van der Waals surface area contributed by atoms with Crippen LogP contribution >= 0.6 is 11.6 Å². The lowest BCUT2D eigenvalue weighted by atomic mass is 9.97. The van der Waals surface area contributed by atoms with E-state index in [-0.39, 0.29) is 5.91 Å². The molecule has 36 heavy (non-hydrogen) atoms. The first kappa shape index (κ1) is 24.1. The summed E-state index contributed by atoms with van der Waals surface area (Å²) in [5, 5.41) is 4.49. The van der Waals surface area contributed by atoms with Gasteiger partial charge in [0.1, 0.15) is 5.65 Å². The second-order valence-corrected chi connectivity index (χ2v) is 9.65. The lowest BCUT2D eigenvalue weighted by Crippen LogP contribution is -2.44. The summed E-state index contributed by atoms with van der Waals surface area (Å²) >= 11 is 6.70. The molecular formula is C29H30ClN5O. The van der Waals surface area contributed by atoms with Gasteiger partial charge in [-0.15, -0.1) is 0 Å². The van der Waals surface area contributed by atoms with Crippen molar-refractivity contribution in [2.24, 2.45) is 0 Å². The van der Waals surface area contributed by atoms with Crippen molar-refractivity contribution in [3.05, 3.63) is 77.5 Å². The van der Waals surface area contributed by atoms with Crippen LogP contribution in [0.1, 0.15) is 12.5 Å². The van der Waals surface area contributed by atoms with Gasteiger partial charge >= 0.3 is 0 Å². The topological polar surface area (TPSA) is 64.3 Å². The first-order chi connectivity index (χ1) is 17.4. The van der Waals surface area contributed by atoms with Gasteiger partial charge in [0.05, 0.1) is 10.7 Å². The number of aromatic amines is 1. The molecule has 5 rings (SSSR count). The second kappa shape index (κ2) is 10.2. The molecule has 1 amide bonds. The van der Waals surface area contributed by atoms with Gasteiger partial charge in [-0.1, -0.05) is 41.9 Å². The van der Waals surface area contributed by atoms with E-state index in [1.165, 1.54) is 11.8 Å². The van der Waals surface area contributed by atoms with Crippen LogP contribution in [0, 0.1) is 6.92 Å². The van der Waals surface area contributed by atoms with Crippen molar-refractivity contribution in [3.8, 4) is 22.4 Å². The molecule has 184 valence electrons. The average Bonchev–Trinajstić information content (AvgIpc) is 3.27. The second-order valence-electron chi connectivity index (χ2n) is 9.25. The summed E-state index contributed by atoms with van der Waals surface area (Å²) < 4.78 is 0. The number of benzene rings is 2. The maximum Gasteiger partial charge on any atom is 0.248 e. The van der Waals surface area contributed by atoms with Gasteiger partial charge < -0.3 is 20.1 Å². The molecule has 2 aromatic carbocycles. The summed E-state index contributed by atoms with van der Waals surface area (Å²) in [6, 6.07) is 16.6. The molecular weight excluding hydrogens is 470 g/mol. The zero-order valence-corrected chi connectivity index (χ0v) is 21.6. The molecule has 0 aliphatic carbocycles. The Morgan fingerprint density at radius 2 is 1.78 bits per heavy atom. The third-order valence-corrected chi connectivity index (χ3v) is 7.09. The summed E-state index contributed by atoms with van der Waals surface area (Å²) in [4.78, 5) is 25.1. The third kappa shape index (κ3) is 4.74. The summed E-state index contributed by atoms with van der Waals surface area (Å²) in [7, 11) is 2.17. The Bertz CT molecular complexity index is 1430. The zero-order chi connectivity index (χ0) is 25.2. The highest BCUT2D eigenvalue weighted by atomic mass is 35.5. The van der Waals surface area contributed by atoms with Crippen molar-refractivity contribution in [2.75, 3.05) is 43.4 Å². The summed E-state index contributed by atoms with van der Waals surface area (Å²) in [5.41, 5.74) is 7.63. The molecule has 7 heteroatoms. The van der Waals surface area contributed by atoms with Gasteiger partial charge in [0.25, 0.3) is 0 Å². The number of nitrogens with zero attached hydrogens (tertiary/aromatic N) is 3. The predicted molar refractivity (Wildman–Crippen MR) is 150 cm³/mol. The Morgan fingerprint density at radius 1 is 1.06 bits per heavy atom. The number of pyridine rings is 1.